The van der Waals surface area contributed by atoms with Gasteiger partial charge in [0.1, 0.15) is 13.6 Å². The van der Waals surface area contributed by atoms with Crippen LogP contribution in [0.4, 0.5) is 0 Å². The molecule has 0 aliphatic carbocycles. The minimum atomic E-state index is -0.467. The van der Waals surface area contributed by atoms with Crippen LogP contribution in [0.25, 0.3) is 0 Å². The van der Waals surface area contributed by atoms with Crippen molar-refractivity contribution in [1.29, 1.82) is 0 Å². The van der Waals surface area contributed by atoms with Crippen LogP contribution < -0.4 is 0 Å². The van der Waals surface area contributed by atoms with Crippen molar-refractivity contribution in [2.75, 3.05) is 40.0 Å². The summed E-state index contributed by atoms with van der Waals surface area (Å²) in [6.07, 6.45) is 0.854. The van der Waals surface area contributed by atoms with Gasteiger partial charge in [0.15, 0.2) is 0 Å². The largest absolute Gasteiger partial charge is 0.394 e. The first kappa shape index (κ1) is 33.8. The number of hydrogen-bond donors (Lipinski definition) is 4. The Balaban J connectivity index is 0. The van der Waals surface area contributed by atoms with Gasteiger partial charge in [0.25, 0.3) is 0 Å². The van der Waals surface area contributed by atoms with Crippen molar-refractivity contribution in [3.63, 3.8) is 0 Å². The highest BCUT2D eigenvalue weighted by atomic mass is 16.7. The third-order valence-electron chi connectivity index (χ3n) is 4.13. The standard InChI is InChI=1S/2C7H16O4.2C4H8O/c1-6(8)3-10-5-11-4-7(2)9;1-6(3-8)10-5-11-7(2)4-9;2*1-3-4(2)5-3/h2*6-9H,3-5H2,1-2H3;2*3-4H,1-2H3. The average Bonchev–Trinajstić information content (AvgIpc) is 3.60. The molecular formula is C22H48O10. The minimum Gasteiger partial charge on any atom is -0.394 e. The molecule has 196 valence electrons. The Morgan fingerprint density at radius 1 is 0.625 bits per heavy atom. The number of aliphatic hydroxyl groups excluding tert-OH is 4. The summed E-state index contributed by atoms with van der Waals surface area (Å²) in [5.41, 5.74) is 0. The lowest BCUT2D eigenvalue weighted by Crippen LogP contribution is -2.20. The molecule has 0 spiro atoms. The highest BCUT2D eigenvalue weighted by molar-refractivity contribution is 4.74. The predicted octanol–water partition coefficient (Wildman–Crippen LogP) is 1.06. The quantitative estimate of drug-likeness (QED) is 0.185. The first-order valence-electron chi connectivity index (χ1n) is 11.2. The highest BCUT2D eigenvalue weighted by Crippen LogP contribution is 2.18. The van der Waals surface area contributed by atoms with E-state index < -0.39 is 12.2 Å². The van der Waals surface area contributed by atoms with Gasteiger partial charge < -0.3 is 48.8 Å². The second-order valence-electron chi connectivity index (χ2n) is 8.09. The Hall–Kier alpha value is -0.400. The first-order valence-corrected chi connectivity index (χ1v) is 11.2. The minimum absolute atomic E-state index is 0.0170. The van der Waals surface area contributed by atoms with Crippen molar-refractivity contribution in [2.45, 2.75) is 104 Å². The van der Waals surface area contributed by atoms with Crippen LogP contribution in [0.5, 0.6) is 0 Å². The van der Waals surface area contributed by atoms with E-state index in [0.717, 1.165) is 0 Å². The van der Waals surface area contributed by atoms with Gasteiger partial charge in [-0.05, 0) is 55.4 Å². The molecule has 8 unspecified atom stereocenters. The van der Waals surface area contributed by atoms with E-state index in [1.165, 1.54) is 0 Å². The Morgan fingerprint density at radius 3 is 1.09 bits per heavy atom. The van der Waals surface area contributed by atoms with Crippen LogP contribution in [0.2, 0.25) is 0 Å². The summed E-state index contributed by atoms with van der Waals surface area (Å²) in [4.78, 5) is 0. The van der Waals surface area contributed by atoms with Gasteiger partial charge in [-0.3, -0.25) is 0 Å². The van der Waals surface area contributed by atoms with Gasteiger partial charge in [-0.2, -0.15) is 0 Å². The molecular weight excluding hydrogens is 424 g/mol. The third-order valence-corrected chi connectivity index (χ3v) is 4.13. The molecule has 2 heterocycles. The molecule has 2 saturated heterocycles. The molecule has 0 amide bonds. The zero-order valence-electron chi connectivity index (χ0n) is 21.1. The Labute approximate surface area is 193 Å². The number of hydrogen-bond acceptors (Lipinski definition) is 10. The van der Waals surface area contributed by atoms with E-state index in [4.69, 9.17) is 48.8 Å². The van der Waals surface area contributed by atoms with Gasteiger partial charge in [-0.1, -0.05) is 0 Å². The highest BCUT2D eigenvalue weighted by Gasteiger charge is 2.28. The zero-order valence-corrected chi connectivity index (χ0v) is 21.1. The van der Waals surface area contributed by atoms with E-state index in [2.05, 4.69) is 27.7 Å². The topological polar surface area (TPSA) is 143 Å². The maximum atomic E-state index is 8.73. The Morgan fingerprint density at radius 2 is 0.906 bits per heavy atom. The van der Waals surface area contributed by atoms with E-state index >= 15 is 0 Å². The molecule has 10 heteroatoms. The fourth-order valence-electron chi connectivity index (χ4n) is 1.46. The predicted molar refractivity (Wildman–Crippen MR) is 120 cm³/mol. The molecule has 2 fully saturated rings. The Bertz CT molecular complexity index is 351. The number of epoxide rings is 2. The average molecular weight is 473 g/mol. The normalized spacial score (nSPS) is 26.6. The molecule has 2 aliphatic rings. The second-order valence-corrected chi connectivity index (χ2v) is 8.09. The summed E-state index contributed by atoms with van der Waals surface area (Å²) in [6.45, 7) is 15.8. The lowest BCUT2D eigenvalue weighted by molar-refractivity contribution is -0.126. The van der Waals surface area contributed by atoms with E-state index in [-0.39, 0.29) is 52.2 Å². The van der Waals surface area contributed by atoms with Crippen molar-refractivity contribution in [3.05, 3.63) is 0 Å². The van der Waals surface area contributed by atoms with Crippen LogP contribution >= 0.6 is 0 Å². The first-order chi connectivity index (χ1) is 14.9. The van der Waals surface area contributed by atoms with Crippen molar-refractivity contribution in [2.24, 2.45) is 0 Å². The smallest absolute Gasteiger partial charge is 0.147 e. The van der Waals surface area contributed by atoms with E-state index in [0.29, 0.717) is 24.4 Å². The van der Waals surface area contributed by atoms with Crippen LogP contribution in [0.3, 0.4) is 0 Å². The van der Waals surface area contributed by atoms with Crippen LogP contribution in [-0.4, -0.2) is 109 Å². The van der Waals surface area contributed by atoms with Gasteiger partial charge in [-0.25, -0.2) is 0 Å². The lowest BCUT2D eigenvalue weighted by Gasteiger charge is -2.13. The fourth-order valence-corrected chi connectivity index (χ4v) is 1.46. The van der Waals surface area contributed by atoms with Crippen LogP contribution in [0.1, 0.15) is 55.4 Å². The SMILES string of the molecule is CC(CO)OCOC(C)CO.CC(O)COCOCC(C)O.CC1OC1C.CC1OC1C. The van der Waals surface area contributed by atoms with Gasteiger partial charge in [-0.15, -0.1) is 0 Å². The van der Waals surface area contributed by atoms with Crippen LogP contribution in [0.15, 0.2) is 0 Å². The summed E-state index contributed by atoms with van der Waals surface area (Å²) in [5, 5.41) is 34.5. The molecule has 2 aliphatic heterocycles. The molecule has 2 rings (SSSR count). The van der Waals surface area contributed by atoms with E-state index in [9.17, 15) is 0 Å². The monoisotopic (exact) mass is 472 g/mol. The molecule has 0 saturated carbocycles. The van der Waals surface area contributed by atoms with Crippen molar-refractivity contribution >= 4 is 0 Å². The summed E-state index contributed by atoms with van der Waals surface area (Å²) in [5.74, 6) is 0. The third kappa shape index (κ3) is 27.6. The van der Waals surface area contributed by atoms with Gasteiger partial charge in [0, 0.05) is 0 Å². The molecule has 4 N–H and O–H groups in total. The van der Waals surface area contributed by atoms with Gasteiger partial charge >= 0.3 is 0 Å². The molecule has 32 heavy (non-hydrogen) atoms. The maximum absolute atomic E-state index is 8.73. The molecule has 0 bridgehead atoms. The molecule has 0 aromatic heterocycles. The Kier molecular flexibility index (Phi) is 22.3. The molecule has 0 aromatic carbocycles. The van der Waals surface area contributed by atoms with Gasteiger partial charge in [0.2, 0.25) is 0 Å². The van der Waals surface area contributed by atoms with Crippen molar-refractivity contribution < 1.29 is 48.8 Å². The fraction of sp³-hybridized carbons (Fsp3) is 1.00. The zero-order chi connectivity index (χ0) is 25.1. The van der Waals surface area contributed by atoms with Crippen LogP contribution in [0, 0.1) is 0 Å². The van der Waals surface area contributed by atoms with E-state index in [1.807, 2.05) is 0 Å². The number of ether oxygens (including phenoxy) is 6. The van der Waals surface area contributed by atoms with Crippen molar-refractivity contribution in [1.82, 2.24) is 0 Å². The summed E-state index contributed by atoms with van der Waals surface area (Å²) in [6, 6.07) is 0. The molecule has 8 atom stereocenters. The maximum Gasteiger partial charge on any atom is 0.147 e. The molecule has 0 aromatic rings. The molecule has 10 nitrogen and oxygen atoms in total. The molecule has 0 radical (unpaired) electrons. The summed E-state index contributed by atoms with van der Waals surface area (Å²) < 4.78 is 29.5. The number of aliphatic hydroxyl groups is 4. The van der Waals surface area contributed by atoms with Crippen molar-refractivity contribution in [3.8, 4) is 0 Å². The number of rotatable bonds is 12. The van der Waals surface area contributed by atoms with E-state index in [1.54, 1.807) is 27.7 Å². The summed E-state index contributed by atoms with van der Waals surface area (Å²) in [7, 11) is 0. The van der Waals surface area contributed by atoms with Gasteiger partial charge in [0.05, 0.1) is 75.3 Å². The second kappa shape index (κ2) is 21.2. The lowest BCUT2D eigenvalue weighted by atomic mass is 10.4. The van der Waals surface area contributed by atoms with Crippen LogP contribution in [-0.2, 0) is 28.4 Å². The summed E-state index contributed by atoms with van der Waals surface area (Å²) >= 11 is 0.